The first-order chi connectivity index (χ1) is 11.7. The van der Waals surface area contributed by atoms with Crippen molar-refractivity contribution in [1.29, 1.82) is 0 Å². The van der Waals surface area contributed by atoms with Gasteiger partial charge >= 0.3 is 0 Å². The minimum absolute atomic E-state index is 0.186. The second-order valence-electron chi connectivity index (χ2n) is 6.69. The fraction of sp³-hybridized carbons (Fsp3) is 0.500. The normalized spacial score (nSPS) is 18.7. The van der Waals surface area contributed by atoms with E-state index in [4.69, 9.17) is 10.7 Å². The number of hydrogen-bond acceptors (Lipinski definition) is 5. The third-order valence-corrected chi connectivity index (χ3v) is 6.26. The molecule has 0 atom stereocenters. The molecule has 1 saturated carbocycles. The van der Waals surface area contributed by atoms with Crippen LogP contribution in [0.2, 0.25) is 0 Å². The summed E-state index contributed by atoms with van der Waals surface area (Å²) in [6.07, 6.45) is 8.28. The van der Waals surface area contributed by atoms with Crippen molar-refractivity contribution in [2.24, 2.45) is 5.73 Å². The Morgan fingerprint density at radius 3 is 2.79 bits per heavy atom. The number of aromatic nitrogens is 2. The summed E-state index contributed by atoms with van der Waals surface area (Å²) in [6, 6.07) is 4.68. The highest BCUT2D eigenvalue weighted by Gasteiger charge is 2.27. The van der Waals surface area contributed by atoms with E-state index in [-0.39, 0.29) is 12.3 Å². The van der Waals surface area contributed by atoms with E-state index in [9.17, 15) is 4.79 Å². The van der Waals surface area contributed by atoms with Gasteiger partial charge in [-0.05, 0) is 31.4 Å². The smallest absolute Gasteiger partial charge is 0.223 e. The number of hydrogen-bond donors (Lipinski definition) is 1. The highest BCUT2D eigenvalue weighted by Crippen LogP contribution is 2.32. The van der Waals surface area contributed by atoms with Crippen molar-refractivity contribution in [2.45, 2.75) is 44.6 Å². The first kappa shape index (κ1) is 15.7. The Balaban J connectivity index is 1.48. The van der Waals surface area contributed by atoms with Gasteiger partial charge < -0.3 is 5.73 Å². The van der Waals surface area contributed by atoms with Crippen LogP contribution < -0.4 is 5.73 Å². The van der Waals surface area contributed by atoms with Gasteiger partial charge in [-0.2, -0.15) is 0 Å². The summed E-state index contributed by atoms with van der Waals surface area (Å²) >= 11 is 1.79. The van der Waals surface area contributed by atoms with Crippen molar-refractivity contribution in [2.75, 3.05) is 13.1 Å². The molecule has 3 heterocycles. The summed E-state index contributed by atoms with van der Waals surface area (Å²) < 4.78 is 0. The molecule has 4 rings (SSSR count). The van der Waals surface area contributed by atoms with E-state index in [2.05, 4.69) is 9.88 Å². The topological polar surface area (TPSA) is 72.1 Å². The van der Waals surface area contributed by atoms with Crippen LogP contribution in [0.5, 0.6) is 0 Å². The van der Waals surface area contributed by atoms with E-state index < -0.39 is 0 Å². The molecular weight excluding hydrogens is 320 g/mol. The molecule has 0 aromatic carbocycles. The van der Waals surface area contributed by atoms with Crippen molar-refractivity contribution in [3.8, 4) is 10.6 Å². The lowest BCUT2D eigenvalue weighted by Crippen LogP contribution is -2.41. The summed E-state index contributed by atoms with van der Waals surface area (Å²) in [6.45, 7) is 2.30. The number of thiazole rings is 1. The number of primary amides is 1. The molecule has 0 spiro atoms. The van der Waals surface area contributed by atoms with Gasteiger partial charge in [0.05, 0.1) is 12.1 Å². The Labute approximate surface area is 145 Å². The molecule has 0 radical (unpaired) electrons. The van der Waals surface area contributed by atoms with Gasteiger partial charge in [0.25, 0.3) is 0 Å². The number of nitrogens with two attached hydrogens (primary N) is 1. The van der Waals surface area contributed by atoms with E-state index in [1.54, 1.807) is 17.5 Å². The van der Waals surface area contributed by atoms with Gasteiger partial charge in [0.15, 0.2) is 0 Å². The molecule has 2 N–H and O–H groups in total. The molecule has 2 aliphatic rings. The Kier molecular flexibility index (Phi) is 4.33. The monoisotopic (exact) mass is 342 g/mol. The third kappa shape index (κ3) is 3.21. The number of carbonyl (C=O) groups is 1. The Hall–Kier alpha value is -1.79. The number of fused-ring (bicyclic) bond motifs is 1. The molecule has 24 heavy (non-hydrogen) atoms. The van der Waals surface area contributed by atoms with Crippen LogP contribution in [0.25, 0.3) is 10.6 Å². The maximum Gasteiger partial charge on any atom is 0.223 e. The molecule has 0 bridgehead atoms. The predicted octanol–water partition coefficient (Wildman–Crippen LogP) is 2.19. The van der Waals surface area contributed by atoms with Gasteiger partial charge in [-0.25, -0.2) is 4.98 Å². The van der Waals surface area contributed by atoms with Crippen LogP contribution in [0.4, 0.5) is 0 Å². The first-order valence-electron chi connectivity index (χ1n) is 8.65. The van der Waals surface area contributed by atoms with Gasteiger partial charge in [-0.3, -0.25) is 14.7 Å². The fourth-order valence-electron chi connectivity index (χ4n) is 3.46. The second kappa shape index (κ2) is 6.61. The highest BCUT2D eigenvalue weighted by atomic mass is 32.1. The van der Waals surface area contributed by atoms with Crippen LogP contribution in [-0.2, 0) is 24.1 Å². The molecular formula is C18H22N4OS. The van der Waals surface area contributed by atoms with Crippen molar-refractivity contribution < 1.29 is 4.79 Å². The quantitative estimate of drug-likeness (QED) is 0.924. The molecule has 6 heteroatoms. The van der Waals surface area contributed by atoms with Gasteiger partial charge in [-0.15, -0.1) is 11.3 Å². The first-order valence-corrected chi connectivity index (χ1v) is 9.47. The average molecular weight is 342 g/mol. The summed E-state index contributed by atoms with van der Waals surface area (Å²) in [5.41, 5.74) is 8.20. The lowest BCUT2D eigenvalue weighted by Gasteiger charge is -2.36. The summed E-state index contributed by atoms with van der Waals surface area (Å²) in [5, 5.41) is 1.04. The number of nitrogens with zero attached hydrogens (tertiary/aromatic N) is 3. The third-order valence-electron chi connectivity index (χ3n) is 5.06. The maximum absolute atomic E-state index is 11.0. The van der Waals surface area contributed by atoms with E-state index in [1.165, 1.54) is 29.8 Å². The van der Waals surface area contributed by atoms with Gasteiger partial charge in [0.2, 0.25) is 5.91 Å². The van der Waals surface area contributed by atoms with E-state index in [0.717, 1.165) is 42.5 Å². The van der Waals surface area contributed by atoms with Crippen molar-refractivity contribution in [3.63, 3.8) is 0 Å². The van der Waals surface area contributed by atoms with Gasteiger partial charge in [-0.1, -0.05) is 6.42 Å². The molecule has 2 aromatic heterocycles. The zero-order valence-electron chi connectivity index (χ0n) is 13.7. The Bertz CT molecular complexity index is 710. The van der Waals surface area contributed by atoms with Crippen LogP contribution >= 0.6 is 11.3 Å². The van der Waals surface area contributed by atoms with E-state index in [1.807, 2.05) is 12.1 Å². The standard InChI is InChI=1S/C18H22N4OS/c19-17(23)10-13-5-4-12(11-20-13)18-21-15-6-8-22(14-2-1-3-14)9-7-16(15)24-18/h4-5,11,14H,1-3,6-10H2,(H2,19,23). The minimum atomic E-state index is -0.354. The van der Waals surface area contributed by atoms with E-state index in [0.29, 0.717) is 5.69 Å². The Morgan fingerprint density at radius 1 is 1.29 bits per heavy atom. The lowest BCUT2D eigenvalue weighted by atomic mass is 9.91. The van der Waals surface area contributed by atoms with Crippen LogP contribution in [0.15, 0.2) is 18.3 Å². The molecule has 0 unspecified atom stereocenters. The van der Waals surface area contributed by atoms with Crippen LogP contribution in [0.3, 0.4) is 0 Å². The maximum atomic E-state index is 11.0. The van der Waals surface area contributed by atoms with Crippen LogP contribution in [0, 0.1) is 0 Å². The second-order valence-corrected chi connectivity index (χ2v) is 7.77. The molecule has 1 amide bonds. The largest absolute Gasteiger partial charge is 0.369 e. The molecule has 1 fully saturated rings. The number of rotatable bonds is 4. The zero-order chi connectivity index (χ0) is 16.5. The van der Waals surface area contributed by atoms with Gasteiger partial charge in [0.1, 0.15) is 5.01 Å². The molecule has 0 saturated heterocycles. The minimum Gasteiger partial charge on any atom is -0.369 e. The lowest BCUT2D eigenvalue weighted by molar-refractivity contribution is -0.117. The van der Waals surface area contributed by atoms with Gasteiger partial charge in [0, 0.05) is 47.9 Å². The number of carbonyl (C=O) groups excluding carboxylic acids is 1. The van der Waals surface area contributed by atoms with Crippen molar-refractivity contribution >= 4 is 17.2 Å². The summed E-state index contributed by atoms with van der Waals surface area (Å²) in [5.74, 6) is -0.354. The van der Waals surface area contributed by atoms with E-state index >= 15 is 0 Å². The van der Waals surface area contributed by atoms with Crippen molar-refractivity contribution in [1.82, 2.24) is 14.9 Å². The van der Waals surface area contributed by atoms with Crippen molar-refractivity contribution in [3.05, 3.63) is 34.6 Å². The fourth-order valence-corrected chi connectivity index (χ4v) is 4.54. The SMILES string of the molecule is NC(=O)Cc1ccc(-c2nc3c(s2)CCN(C2CCC2)CC3)cn1. The molecule has 2 aromatic rings. The molecule has 1 aliphatic carbocycles. The Morgan fingerprint density at radius 2 is 2.12 bits per heavy atom. The number of amides is 1. The predicted molar refractivity (Wildman–Crippen MR) is 94.9 cm³/mol. The highest BCUT2D eigenvalue weighted by molar-refractivity contribution is 7.15. The zero-order valence-corrected chi connectivity index (χ0v) is 14.5. The molecule has 1 aliphatic heterocycles. The molecule has 126 valence electrons. The van der Waals surface area contributed by atoms with Crippen LogP contribution in [0.1, 0.15) is 35.5 Å². The number of pyridine rings is 1. The molecule has 5 nitrogen and oxygen atoms in total. The van der Waals surface area contributed by atoms with Crippen LogP contribution in [-0.4, -0.2) is 39.9 Å². The average Bonchev–Trinajstić information content (AvgIpc) is 2.82. The summed E-state index contributed by atoms with van der Waals surface area (Å²) in [7, 11) is 0. The summed E-state index contributed by atoms with van der Waals surface area (Å²) in [4.78, 5) is 24.2.